The van der Waals surface area contributed by atoms with E-state index in [1.54, 1.807) is 36.1 Å². The average molecular weight is 367 g/mol. The lowest BCUT2D eigenvalue weighted by Gasteiger charge is -2.30. The number of nitrogens with zero attached hydrogens (tertiary/aromatic N) is 2. The largest absolute Gasteiger partial charge is 0.444 e. The van der Waals surface area contributed by atoms with Crippen molar-refractivity contribution in [1.29, 1.82) is 0 Å². The SMILES string of the molecule is Cc1ccccc1S(=O)(=O)NN=C1CCN(C(=O)OC(C)(C)C)CC1. The summed E-state index contributed by atoms with van der Waals surface area (Å²) < 4.78 is 30.0. The Hall–Kier alpha value is -2.09. The van der Waals surface area contributed by atoms with E-state index in [0.717, 1.165) is 5.71 Å². The number of amides is 1. The molecule has 1 aromatic carbocycles. The third kappa shape index (κ3) is 5.45. The number of benzene rings is 1. The lowest BCUT2D eigenvalue weighted by molar-refractivity contribution is 0.0249. The van der Waals surface area contributed by atoms with Gasteiger partial charge in [0.25, 0.3) is 10.0 Å². The summed E-state index contributed by atoms with van der Waals surface area (Å²) in [5, 5.41) is 4.04. The van der Waals surface area contributed by atoms with Gasteiger partial charge in [0.05, 0.1) is 4.90 Å². The molecule has 0 aliphatic carbocycles. The van der Waals surface area contributed by atoms with Gasteiger partial charge >= 0.3 is 6.09 Å². The van der Waals surface area contributed by atoms with Gasteiger partial charge in [0.1, 0.15) is 5.60 Å². The van der Waals surface area contributed by atoms with E-state index in [0.29, 0.717) is 31.5 Å². The fraction of sp³-hybridized carbons (Fsp3) is 0.529. The number of ether oxygens (including phenoxy) is 1. The second-order valence-electron chi connectivity index (χ2n) is 7.01. The summed E-state index contributed by atoms with van der Waals surface area (Å²) in [5.41, 5.74) is 0.848. The number of hydrazone groups is 1. The number of aryl methyl sites for hydroxylation is 1. The van der Waals surface area contributed by atoms with Crippen LogP contribution in [-0.2, 0) is 14.8 Å². The molecule has 8 heteroatoms. The van der Waals surface area contributed by atoms with Gasteiger partial charge < -0.3 is 9.64 Å². The summed E-state index contributed by atoms with van der Waals surface area (Å²) in [6, 6.07) is 6.74. The molecule has 1 aliphatic heterocycles. The zero-order chi connectivity index (χ0) is 18.7. The highest BCUT2D eigenvalue weighted by Gasteiger charge is 2.25. The Balaban J connectivity index is 1.95. The van der Waals surface area contributed by atoms with E-state index in [-0.39, 0.29) is 11.0 Å². The lowest BCUT2D eigenvalue weighted by atomic mass is 10.1. The summed E-state index contributed by atoms with van der Waals surface area (Å²) in [6.45, 7) is 8.12. The molecule has 0 spiro atoms. The molecule has 7 nitrogen and oxygen atoms in total. The van der Waals surface area contributed by atoms with Crippen LogP contribution in [0.15, 0.2) is 34.3 Å². The minimum atomic E-state index is -3.69. The first-order valence-corrected chi connectivity index (χ1v) is 9.67. The van der Waals surface area contributed by atoms with Crippen molar-refractivity contribution in [2.45, 2.75) is 51.0 Å². The molecule has 25 heavy (non-hydrogen) atoms. The lowest BCUT2D eigenvalue weighted by Crippen LogP contribution is -2.42. The van der Waals surface area contributed by atoms with Gasteiger partial charge in [-0.1, -0.05) is 18.2 Å². The van der Waals surface area contributed by atoms with Crippen molar-refractivity contribution in [3.05, 3.63) is 29.8 Å². The van der Waals surface area contributed by atoms with Crippen LogP contribution in [-0.4, -0.2) is 43.8 Å². The summed E-state index contributed by atoms with van der Waals surface area (Å²) in [4.78, 5) is 16.1. The highest BCUT2D eigenvalue weighted by Crippen LogP contribution is 2.16. The topological polar surface area (TPSA) is 88.1 Å². The number of carbonyl (C=O) groups excluding carboxylic acids is 1. The molecule has 1 fully saturated rings. The summed E-state index contributed by atoms with van der Waals surface area (Å²) in [5.74, 6) is 0. The van der Waals surface area contributed by atoms with E-state index in [1.165, 1.54) is 0 Å². The molecule has 0 saturated carbocycles. The first kappa shape index (κ1) is 19.2. The molecule has 1 saturated heterocycles. The van der Waals surface area contributed by atoms with Gasteiger partial charge in [-0.15, -0.1) is 0 Å². The van der Waals surface area contributed by atoms with Crippen LogP contribution in [0.5, 0.6) is 0 Å². The molecule has 1 amide bonds. The maximum atomic E-state index is 12.3. The highest BCUT2D eigenvalue weighted by molar-refractivity contribution is 7.89. The number of piperidine rings is 1. The maximum absolute atomic E-state index is 12.3. The van der Waals surface area contributed by atoms with Gasteiger partial charge in [0.15, 0.2) is 0 Å². The molecule has 1 N–H and O–H groups in total. The number of hydrogen-bond donors (Lipinski definition) is 1. The molecule has 138 valence electrons. The smallest absolute Gasteiger partial charge is 0.410 e. The average Bonchev–Trinajstić information content (AvgIpc) is 2.52. The van der Waals surface area contributed by atoms with Crippen molar-refractivity contribution >= 4 is 21.8 Å². The fourth-order valence-corrected chi connectivity index (χ4v) is 3.51. The number of likely N-dealkylation sites (tertiary alicyclic amines) is 1. The van der Waals surface area contributed by atoms with Crippen LogP contribution in [0.4, 0.5) is 4.79 Å². The molecule has 0 bridgehead atoms. The number of carbonyl (C=O) groups is 1. The second kappa shape index (κ2) is 7.43. The Labute approximate surface area is 149 Å². The summed E-state index contributed by atoms with van der Waals surface area (Å²) in [7, 11) is -3.69. The van der Waals surface area contributed by atoms with Crippen molar-refractivity contribution in [1.82, 2.24) is 9.73 Å². The van der Waals surface area contributed by atoms with Crippen molar-refractivity contribution in [3.63, 3.8) is 0 Å². The van der Waals surface area contributed by atoms with Gasteiger partial charge in [0, 0.05) is 31.6 Å². The van der Waals surface area contributed by atoms with Crippen molar-refractivity contribution in [3.8, 4) is 0 Å². The van der Waals surface area contributed by atoms with E-state index in [9.17, 15) is 13.2 Å². The van der Waals surface area contributed by atoms with Crippen molar-refractivity contribution < 1.29 is 17.9 Å². The predicted molar refractivity (Wildman–Crippen MR) is 96.0 cm³/mol. The number of rotatable bonds is 3. The van der Waals surface area contributed by atoms with E-state index >= 15 is 0 Å². The van der Waals surface area contributed by atoms with Gasteiger partial charge in [-0.3, -0.25) is 0 Å². The van der Waals surface area contributed by atoms with E-state index < -0.39 is 15.6 Å². The zero-order valence-electron chi connectivity index (χ0n) is 15.1. The normalized spacial score (nSPS) is 15.7. The fourth-order valence-electron chi connectivity index (χ4n) is 2.42. The first-order valence-electron chi connectivity index (χ1n) is 8.19. The van der Waals surface area contributed by atoms with Crippen LogP contribution in [0, 0.1) is 6.92 Å². The Kier molecular flexibility index (Phi) is 5.72. The number of nitrogens with one attached hydrogen (secondary N) is 1. The van der Waals surface area contributed by atoms with Gasteiger partial charge in [-0.25, -0.2) is 9.63 Å². The molecule has 0 unspecified atom stereocenters. The number of sulfonamides is 1. The Morgan fingerprint density at radius 1 is 1.20 bits per heavy atom. The Bertz CT molecular complexity index is 756. The Morgan fingerprint density at radius 2 is 1.80 bits per heavy atom. The molecule has 1 heterocycles. The van der Waals surface area contributed by atoms with Crippen LogP contribution >= 0.6 is 0 Å². The minimum Gasteiger partial charge on any atom is -0.444 e. The summed E-state index contributed by atoms with van der Waals surface area (Å²) in [6.07, 6.45) is 0.664. The van der Waals surface area contributed by atoms with E-state index in [2.05, 4.69) is 9.93 Å². The second-order valence-corrected chi connectivity index (χ2v) is 8.63. The first-order chi connectivity index (χ1) is 11.6. The predicted octanol–water partition coefficient (Wildman–Crippen LogP) is 2.66. The molecule has 1 aliphatic rings. The third-order valence-electron chi connectivity index (χ3n) is 3.70. The monoisotopic (exact) mass is 367 g/mol. The minimum absolute atomic E-state index is 0.213. The van der Waals surface area contributed by atoms with Crippen LogP contribution in [0.3, 0.4) is 0 Å². The highest BCUT2D eigenvalue weighted by atomic mass is 32.2. The van der Waals surface area contributed by atoms with Crippen molar-refractivity contribution in [2.75, 3.05) is 13.1 Å². The third-order valence-corrected chi connectivity index (χ3v) is 5.07. The number of hydrogen-bond acceptors (Lipinski definition) is 5. The molecule has 0 radical (unpaired) electrons. The van der Waals surface area contributed by atoms with Gasteiger partial charge in [-0.05, 0) is 39.3 Å². The molecular formula is C17H25N3O4S. The molecule has 1 aromatic rings. The molecule has 2 rings (SSSR count). The Morgan fingerprint density at radius 3 is 2.36 bits per heavy atom. The summed E-state index contributed by atoms with van der Waals surface area (Å²) >= 11 is 0. The van der Waals surface area contributed by atoms with Crippen LogP contribution in [0.1, 0.15) is 39.2 Å². The van der Waals surface area contributed by atoms with Crippen LogP contribution in [0.25, 0.3) is 0 Å². The van der Waals surface area contributed by atoms with E-state index in [1.807, 2.05) is 20.8 Å². The zero-order valence-corrected chi connectivity index (χ0v) is 15.9. The standard InChI is InChI=1S/C17H25N3O4S/c1-13-7-5-6-8-15(13)25(22,23)19-18-14-9-11-20(12-10-14)16(21)24-17(2,3)4/h5-8,19H,9-12H2,1-4H3. The van der Waals surface area contributed by atoms with Crippen molar-refractivity contribution in [2.24, 2.45) is 5.10 Å². The van der Waals surface area contributed by atoms with Crippen LogP contribution in [0.2, 0.25) is 0 Å². The molecular weight excluding hydrogens is 342 g/mol. The maximum Gasteiger partial charge on any atom is 0.410 e. The van der Waals surface area contributed by atoms with Gasteiger partial charge in [-0.2, -0.15) is 13.5 Å². The van der Waals surface area contributed by atoms with E-state index in [4.69, 9.17) is 4.74 Å². The molecule has 0 aromatic heterocycles. The van der Waals surface area contributed by atoms with Crippen LogP contribution < -0.4 is 4.83 Å². The van der Waals surface area contributed by atoms with Gasteiger partial charge in [0.2, 0.25) is 0 Å². The molecule has 0 atom stereocenters. The quantitative estimate of drug-likeness (QED) is 0.832.